The van der Waals surface area contributed by atoms with E-state index >= 15 is 0 Å². The second kappa shape index (κ2) is 7.57. The van der Waals surface area contributed by atoms with E-state index in [-0.39, 0.29) is 5.97 Å². The molecule has 1 aromatic heterocycles. The lowest BCUT2D eigenvalue weighted by Gasteiger charge is -2.32. The van der Waals surface area contributed by atoms with Gasteiger partial charge in [0.05, 0.1) is 23.5 Å². The van der Waals surface area contributed by atoms with Gasteiger partial charge in [0.1, 0.15) is 9.88 Å². The van der Waals surface area contributed by atoms with E-state index in [0.717, 1.165) is 10.5 Å². The molecule has 1 aliphatic rings. The minimum atomic E-state index is -0.451. The molecule has 6 nitrogen and oxygen atoms in total. The maximum atomic E-state index is 12.0. The van der Waals surface area contributed by atoms with E-state index in [1.807, 2.05) is 47.7 Å². The molecular formula is C17H27BN2O4S. The van der Waals surface area contributed by atoms with Crippen LogP contribution in [0.2, 0.25) is 0 Å². The molecule has 8 heteroatoms. The zero-order valence-corrected chi connectivity index (χ0v) is 16.9. The highest BCUT2D eigenvalue weighted by atomic mass is 32.1. The van der Waals surface area contributed by atoms with Crippen molar-refractivity contribution in [3.63, 3.8) is 0 Å². The number of hydrogen-bond donors (Lipinski definition) is 1. The molecular weight excluding hydrogens is 339 g/mol. The molecule has 0 bridgehead atoms. The number of hydrogen-bond acceptors (Lipinski definition) is 7. The molecule has 1 aromatic rings. The first kappa shape index (κ1) is 20.1. The summed E-state index contributed by atoms with van der Waals surface area (Å²) in [5, 5.41) is 3.88. The molecule has 0 spiro atoms. The summed E-state index contributed by atoms with van der Waals surface area (Å²) in [6, 6.07) is 0. The Morgan fingerprint density at radius 2 is 1.92 bits per heavy atom. The number of carbonyl (C=O) groups excluding carboxylic acids is 1. The molecule has 25 heavy (non-hydrogen) atoms. The summed E-state index contributed by atoms with van der Waals surface area (Å²) in [6.45, 7) is 12.6. The number of rotatable bonds is 6. The highest BCUT2D eigenvalue weighted by Crippen LogP contribution is 2.38. The molecule has 0 aromatic carbocycles. The third-order valence-corrected chi connectivity index (χ3v) is 5.60. The van der Waals surface area contributed by atoms with Crippen molar-refractivity contribution in [1.82, 2.24) is 10.3 Å². The van der Waals surface area contributed by atoms with Crippen LogP contribution in [0.1, 0.15) is 55.0 Å². The van der Waals surface area contributed by atoms with Crippen LogP contribution >= 0.6 is 11.3 Å². The summed E-state index contributed by atoms with van der Waals surface area (Å²) in [5.74, 6) is -0.331. The van der Waals surface area contributed by atoms with Crippen molar-refractivity contribution in [3.05, 3.63) is 21.1 Å². The summed E-state index contributed by atoms with van der Waals surface area (Å²) >= 11 is 1.32. The minimum absolute atomic E-state index is 0.331. The fraction of sp³-hybridized carbons (Fsp3) is 0.647. The lowest BCUT2D eigenvalue weighted by molar-refractivity contribution is 0.00578. The SMILES string of the molecule is CCOC(=O)c1sc(C=C(CNC)B2OC(C)(C)C(C)(C)O2)nc1C. The van der Waals surface area contributed by atoms with Crippen molar-refractivity contribution in [3.8, 4) is 0 Å². The van der Waals surface area contributed by atoms with Gasteiger partial charge in [-0.1, -0.05) is 0 Å². The van der Waals surface area contributed by atoms with Crippen molar-refractivity contribution in [2.45, 2.75) is 52.7 Å². The zero-order chi connectivity index (χ0) is 18.8. The van der Waals surface area contributed by atoms with Crippen LogP contribution < -0.4 is 5.32 Å². The molecule has 2 heterocycles. The predicted octanol–water partition coefficient (Wildman–Crippen LogP) is 2.86. The van der Waals surface area contributed by atoms with Crippen LogP contribution in [-0.2, 0) is 14.0 Å². The molecule has 0 unspecified atom stereocenters. The van der Waals surface area contributed by atoms with Gasteiger partial charge in [0.25, 0.3) is 0 Å². The van der Waals surface area contributed by atoms with Crippen molar-refractivity contribution in [2.24, 2.45) is 0 Å². The molecule has 1 aliphatic heterocycles. The number of nitrogens with one attached hydrogen (secondary N) is 1. The number of likely N-dealkylation sites (N-methyl/N-ethyl adjacent to an activating group) is 1. The fourth-order valence-corrected chi connectivity index (χ4v) is 3.36. The Morgan fingerprint density at radius 1 is 1.32 bits per heavy atom. The molecule has 0 radical (unpaired) electrons. The van der Waals surface area contributed by atoms with Crippen molar-refractivity contribution in [1.29, 1.82) is 0 Å². The molecule has 1 fully saturated rings. The Morgan fingerprint density at radius 3 is 2.44 bits per heavy atom. The Labute approximate surface area is 154 Å². The third kappa shape index (κ3) is 4.31. The number of nitrogens with zero attached hydrogens (tertiary/aromatic N) is 1. The topological polar surface area (TPSA) is 69.7 Å². The average Bonchev–Trinajstić information content (AvgIpc) is 2.96. The third-order valence-electron chi connectivity index (χ3n) is 4.52. The largest absolute Gasteiger partial charge is 0.491 e. The average molecular weight is 366 g/mol. The lowest BCUT2D eigenvalue weighted by atomic mass is 9.78. The van der Waals surface area contributed by atoms with E-state index < -0.39 is 18.3 Å². The molecule has 1 N–H and O–H groups in total. The second-order valence-corrected chi connectivity index (χ2v) is 8.06. The summed E-state index contributed by atoms with van der Waals surface area (Å²) in [7, 11) is 1.42. The maximum Gasteiger partial charge on any atom is 0.491 e. The summed E-state index contributed by atoms with van der Waals surface area (Å²) < 4.78 is 17.3. The van der Waals surface area contributed by atoms with E-state index in [2.05, 4.69) is 10.3 Å². The van der Waals surface area contributed by atoms with Gasteiger partial charge in [-0.3, -0.25) is 0 Å². The smallest absolute Gasteiger partial charge is 0.462 e. The number of carbonyl (C=O) groups is 1. The lowest BCUT2D eigenvalue weighted by Crippen LogP contribution is -2.41. The summed E-state index contributed by atoms with van der Waals surface area (Å²) in [6.07, 6.45) is 1.93. The fourth-order valence-electron chi connectivity index (χ4n) is 2.42. The first-order valence-corrected chi connectivity index (χ1v) is 9.28. The van der Waals surface area contributed by atoms with Gasteiger partial charge in [0.2, 0.25) is 0 Å². The monoisotopic (exact) mass is 366 g/mol. The van der Waals surface area contributed by atoms with Crippen LogP contribution in [0.3, 0.4) is 0 Å². The van der Waals surface area contributed by atoms with Crippen LogP contribution in [0, 0.1) is 6.92 Å². The van der Waals surface area contributed by atoms with Gasteiger partial charge in [-0.2, -0.15) is 0 Å². The molecule has 0 atom stereocenters. The number of esters is 1. The Balaban J connectivity index is 2.29. The normalized spacial score (nSPS) is 19.3. The van der Waals surface area contributed by atoms with Crippen molar-refractivity contribution >= 4 is 30.5 Å². The second-order valence-electron chi connectivity index (χ2n) is 7.02. The Bertz CT molecular complexity index is 654. The molecule has 1 saturated heterocycles. The first-order chi connectivity index (χ1) is 11.6. The molecule has 0 saturated carbocycles. The highest BCUT2D eigenvalue weighted by Gasteiger charge is 2.52. The van der Waals surface area contributed by atoms with Crippen molar-refractivity contribution < 1.29 is 18.8 Å². The molecule has 2 rings (SSSR count). The van der Waals surface area contributed by atoms with Gasteiger partial charge in [-0.25, -0.2) is 9.78 Å². The minimum Gasteiger partial charge on any atom is -0.462 e. The van der Waals surface area contributed by atoms with Crippen LogP contribution in [0.25, 0.3) is 6.08 Å². The molecule has 0 amide bonds. The highest BCUT2D eigenvalue weighted by molar-refractivity contribution is 7.14. The van der Waals surface area contributed by atoms with Crippen LogP contribution in [0.5, 0.6) is 0 Å². The number of ether oxygens (including phenoxy) is 1. The number of aryl methyl sites for hydroxylation is 1. The van der Waals surface area contributed by atoms with Gasteiger partial charge in [0.15, 0.2) is 0 Å². The predicted molar refractivity (Wildman–Crippen MR) is 101 cm³/mol. The molecule has 138 valence electrons. The Hall–Kier alpha value is -1.22. The summed E-state index contributed by atoms with van der Waals surface area (Å²) in [5.41, 5.74) is 0.802. The number of aromatic nitrogens is 1. The Kier molecular flexibility index (Phi) is 6.09. The number of thiazole rings is 1. The van der Waals surface area contributed by atoms with Gasteiger partial charge in [-0.05, 0) is 60.1 Å². The van der Waals surface area contributed by atoms with Gasteiger partial charge in [0, 0.05) is 6.54 Å². The van der Waals surface area contributed by atoms with E-state index in [1.54, 1.807) is 6.92 Å². The van der Waals surface area contributed by atoms with E-state index in [1.165, 1.54) is 11.3 Å². The van der Waals surface area contributed by atoms with Crippen LogP contribution in [0.4, 0.5) is 0 Å². The van der Waals surface area contributed by atoms with E-state index in [0.29, 0.717) is 23.7 Å². The zero-order valence-electron chi connectivity index (χ0n) is 16.1. The van der Waals surface area contributed by atoms with Crippen LogP contribution in [-0.4, -0.2) is 49.5 Å². The summed E-state index contributed by atoms with van der Waals surface area (Å²) in [4.78, 5) is 17.0. The van der Waals surface area contributed by atoms with Gasteiger partial charge >= 0.3 is 13.1 Å². The van der Waals surface area contributed by atoms with Gasteiger partial charge < -0.3 is 19.4 Å². The quantitative estimate of drug-likeness (QED) is 0.617. The maximum absolute atomic E-state index is 12.0. The van der Waals surface area contributed by atoms with E-state index in [4.69, 9.17) is 14.0 Å². The van der Waals surface area contributed by atoms with Crippen molar-refractivity contribution in [2.75, 3.05) is 20.2 Å². The first-order valence-electron chi connectivity index (χ1n) is 8.46. The van der Waals surface area contributed by atoms with E-state index in [9.17, 15) is 4.79 Å². The standard InChI is InChI=1S/C17H27BN2O4S/c1-8-22-15(21)14-11(2)20-13(25-14)9-12(10-19-7)18-23-16(3,4)17(5,6)24-18/h9,19H,8,10H2,1-7H3. The van der Waals surface area contributed by atoms with Crippen LogP contribution in [0.15, 0.2) is 5.47 Å². The van der Waals surface area contributed by atoms with Gasteiger partial charge in [-0.15, -0.1) is 11.3 Å². The molecule has 0 aliphatic carbocycles.